The van der Waals surface area contributed by atoms with Crippen LogP contribution in [0.2, 0.25) is 0 Å². The average molecular weight is 196 g/mol. The number of hydrogen-bond acceptors (Lipinski definition) is 3. The van der Waals surface area contributed by atoms with E-state index in [1.165, 1.54) is 12.4 Å². The molecule has 1 aromatic rings. The summed E-state index contributed by atoms with van der Waals surface area (Å²) in [6, 6.07) is -0.103. The fourth-order valence-electron chi connectivity index (χ4n) is 2.05. The van der Waals surface area contributed by atoms with Crippen LogP contribution in [0, 0.1) is 5.92 Å². The van der Waals surface area contributed by atoms with Crippen molar-refractivity contribution >= 4 is 5.97 Å². The zero-order valence-corrected chi connectivity index (χ0v) is 7.63. The Morgan fingerprint density at radius 1 is 1.57 bits per heavy atom. The van der Waals surface area contributed by atoms with Crippen molar-refractivity contribution in [2.75, 3.05) is 0 Å². The molecule has 0 aromatic carbocycles. The highest BCUT2D eigenvalue weighted by Crippen LogP contribution is 2.35. The molecular weight excluding hydrogens is 184 g/mol. The lowest BCUT2D eigenvalue weighted by Crippen LogP contribution is -2.21. The van der Waals surface area contributed by atoms with Gasteiger partial charge in [0.2, 0.25) is 0 Å². The molecule has 5 nitrogen and oxygen atoms in total. The first kappa shape index (κ1) is 9.05. The Balaban J connectivity index is 2.21. The number of aliphatic carboxylic acids is 1. The van der Waals surface area contributed by atoms with Crippen molar-refractivity contribution in [3.8, 4) is 5.75 Å². The predicted octanol–water partition coefficient (Wildman–Crippen LogP) is 1.01. The van der Waals surface area contributed by atoms with E-state index in [4.69, 9.17) is 10.2 Å². The largest absolute Gasteiger partial charge is 0.505 e. The Morgan fingerprint density at radius 2 is 2.36 bits per heavy atom. The van der Waals surface area contributed by atoms with Crippen LogP contribution in [-0.2, 0) is 4.79 Å². The molecule has 2 atom stereocenters. The zero-order valence-electron chi connectivity index (χ0n) is 7.63. The van der Waals surface area contributed by atoms with Gasteiger partial charge in [0.05, 0.1) is 24.4 Å². The van der Waals surface area contributed by atoms with Crippen LogP contribution < -0.4 is 0 Å². The molecule has 1 aliphatic carbocycles. The smallest absolute Gasteiger partial charge is 0.308 e. The van der Waals surface area contributed by atoms with Gasteiger partial charge in [0.25, 0.3) is 0 Å². The first-order chi connectivity index (χ1) is 6.68. The second-order valence-corrected chi connectivity index (χ2v) is 3.62. The number of nitrogens with zero attached hydrogens (tertiary/aromatic N) is 2. The Morgan fingerprint density at radius 3 is 2.93 bits per heavy atom. The molecule has 0 radical (unpaired) electrons. The van der Waals surface area contributed by atoms with Crippen LogP contribution in [0.5, 0.6) is 5.75 Å². The number of aromatic hydroxyl groups is 1. The number of rotatable bonds is 2. The van der Waals surface area contributed by atoms with Crippen molar-refractivity contribution < 1.29 is 15.0 Å². The van der Waals surface area contributed by atoms with Gasteiger partial charge in [-0.05, 0) is 12.8 Å². The van der Waals surface area contributed by atoms with Gasteiger partial charge < -0.3 is 10.2 Å². The quantitative estimate of drug-likeness (QED) is 0.740. The Kier molecular flexibility index (Phi) is 2.15. The van der Waals surface area contributed by atoms with Gasteiger partial charge in [-0.1, -0.05) is 6.42 Å². The van der Waals surface area contributed by atoms with E-state index in [0.717, 1.165) is 12.8 Å². The van der Waals surface area contributed by atoms with E-state index in [9.17, 15) is 4.79 Å². The fourth-order valence-corrected chi connectivity index (χ4v) is 2.05. The molecule has 2 N–H and O–H groups in total. The molecule has 0 saturated heterocycles. The van der Waals surface area contributed by atoms with Crippen molar-refractivity contribution in [2.45, 2.75) is 25.3 Å². The summed E-state index contributed by atoms with van der Waals surface area (Å²) < 4.78 is 1.56. The summed E-state index contributed by atoms with van der Waals surface area (Å²) in [5.74, 6) is -1.06. The first-order valence-corrected chi connectivity index (χ1v) is 4.64. The van der Waals surface area contributed by atoms with Gasteiger partial charge in [-0.25, -0.2) is 0 Å². The molecule has 0 spiro atoms. The molecule has 1 saturated carbocycles. The summed E-state index contributed by atoms with van der Waals surface area (Å²) in [6.45, 7) is 0. The molecule has 76 valence electrons. The van der Waals surface area contributed by atoms with Crippen LogP contribution >= 0.6 is 0 Å². The molecule has 1 fully saturated rings. The van der Waals surface area contributed by atoms with Gasteiger partial charge >= 0.3 is 5.97 Å². The maximum atomic E-state index is 10.9. The van der Waals surface area contributed by atoms with Gasteiger partial charge in [0, 0.05) is 0 Å². The van der Waals surface area contributed by atoms with E-state index < -0.39 is 5.97 Å². The number of carboxylic acid groups (broad SMARTS) is 1. The normalized spacial score (nSPS) is 26.6. The van der Waals surface area contributed by atoms with Crippen molar-refractivity contribution in [1.82, 2.24) is 9.78 Å². The molecule has 5 heteroatoms. The standard InChI is InChI=1S/C9H12N2O3/c12-6-4-10-11(5-6)8-3-1-2-7(8)9(13)14/h4-5,7-8,12H,1-3H2,(H,13,14). The van der Waals surface area contributed by atoms with Gasteiger partial charge in [0.1, 0.15) is 0 Å². The van der Waals surface area contributed by atoms with E-state index in [0.29, 0.717) is 6.42 Å². The number of carbonyl (C=O) groups is 1. The van der Waals surface area contributed by atoms with Crippen LogP contribution in [0.15, 0.2) is 12.4 Å². The second kappa shape index (κ2) is 3.32. The molecular formula is C9H12N2O3. The van der Waals surface area contributed by atoms with E-state index in [1.807, 2.05) is 0 Å². The second-order valence-electron chi connectivity index (χ2n) is 3.62. The molecule has 0 aliphatic heterocycles. The summed E-state index contributed by atoms with van der Waals surface area (Å²) in [5.41, 5.74) is 0. The van der Waals surface area contributed by atoms with Crippen LogP contribution in [0.4, 0.5) is 0 Å². The SMILES string of the molecule is O=C(O)C1CCCC1n1cc(O)cn1. The van der Waals surface area contributed by atoms with Crippen LogP contribution in [0.1, 0.15) is 25.3 Å². The third-order valence-corrected chi connectivity index (χ3v) is 2.72. The summed E-state index contributed by atoms with van der Waals surface area (Å²) >= 11 is 0. The van der Waals surface area contributed by atoms with Crippen molar-refractivity contribution in [3.63, 3.8) is 0 Å². The molecule has 1 aromatic heterocycles. The number of carboxylic acids is 1. The highest BCUT2D eigenvalue weighted by atomic mass is 16.4. The van der Waals surface area contributed by atoms with E-state index in [2.05, 4.69) is 5.10 Å². The predicted molar refractivity (Wildman–Crippen MR) is 47.9 cm³/mol. The molecule has 0 amide bonds. The molecule has 14 heavy (non-hydrogen) atoms. The minimum Gasteiger partial charge on any atom is -0.505 e. The summed E-state index contributed by atoms with van der Waals surface area (Å²) in [7, 11) is 0. The highest BCUT2D eigenvalue weighted by Gasteiger charge is 2.34. The van der Waals surface area contributed by atoms with Crippen molar-refractivity contribution in [3.05, 3.63) is 12.4 Å². The third kappa shape index (κ3) is 1.45. The molecule has 2 rings (SSSR count). The lowest BCUT2D eigenvalue weighted by atomic mass is 10.0. The minimum absolute atomic E-state index is 0.0843. The maximum Gasteiger partial charge on any atom is 0.308 e. The topological polar surface area (TPSA) is 75.3 Å². The van der Waals surface area contributed by atoms with Crippen LogP contribution in [0.3, 0.4) is 0 Å². The number of hydrogen-bond donors (Lipinski definition) is 2. The monoisotopic (exact) mass is 196 g/mol. The third-order valence-electron chi connectivity index (χ3n) is 2.72. The first-order valence-electron chi connectivity index (χ1n) is 4.64. The summed E-state index contributed by atoms with van der Waals surface area (Å²) in [6.07, 6.45) is 5.23. The molecule has 1 aliphatic rings. The van der Waals surface area contributed by atoms with Gasteiger partial charge in [0.15, 0.2) is 5.75 Å². The summed E-state index contributed by atoms with van der Waals surface area (Å²) in [4.78, 5) is 10.9. The van der Waals surface area contributed by atoms with Crippen molar-refractivity contribution in [1.29, 1.82) is 0 Å². The molecule has 0 bridgehead atoms. The Hall–Kier alpha value is -1.52. The minimum atomic E-state index is -0.775. The van der Waals surface area contributed by atoms with E-state index >= 15 is 0 Å². The van der Waals surface area contributed by atoms with Gasteiger partial charge in [-0.3, -0.25) is 9.48 Å². The zero-order chi connectivity index (χ0) is 10.1. The van der Waals surface area contributed by atoms with E-state index in [1.54, 1.807) is 4.68 Å². The molecule has 1 heterocycles. The Labute approximate surface area is 81.0 Å². The van der Waals surface area contributed by atoms with Crippen LogP contribution in [0.25, 0.3) is 0 Å². The number of aromatic nitrogens is 2. The van der Waals surface area contributed by atoms with Gasteiger partial charge in [-0.15, -0.1) is 0 Å². The van der Waals surface area contributed by atoms with Crippen LogP contribution in [-0.4, -0.2) is 26.0 Å². The van der Waals surface area contributed by atoms with E-state index in [-0.39, 0.29) is 17.7 Å². The van der Waals surface area contributed by atoms with Crippen molar-refractivity contribution in [2.24, 2.45) is 5.92 Å². The fraction of sp³-hybridized carbons (Fsp3) is 0.556. The lowest BCUT2D eigenvalue weighted by molar-refractivity contribution is -0.142. The molecule has 2 unspecified atom stereocenters. The average Bonchev–Trinajstić information content (AvgIpc) is 2.70. The highest BCUT2D eigenvalue weighted by molar-refractivity contribution is 5.71. The summed E-state index contributed by atoms with van der Waals surface area (Å²) in [5, 5.41) is 22.0. The lowest BCUT2D eigenvalue weighted by Gasteiger charge is -2.15. The maximum absolute atomic E-state index is 10.9. The van der Waals surface area contributed by atoms with Gasteiger partial charge in [-0.2, -0.15) is 5.10 Å². The Bertz CT molecular complexity index is 348.